The van der Waals surface area contributed by atoms with Crippen molar-refractivity contribution in [2.45, 2.75) is 39.2 Å². The minimum absolute atomic E-state index is 0.0591. The maximum Gasteiger partial charge on any atom is 0.242 e. The molecule has 0 aliphatic heterocycles. The van der Waals surface area contributed by atoms with Crippen LogP contribution in [-0.4, -0.2) is 18.5 Å². The van der Waals surface area contributed by atoms with Gasteiger partial charge in [-0.1, -0.05) is 58.9 Å². The highest BCUT2D eigenvalue weighted by Crippen LogP contribution is 2.34. The summed E-state index contributed by atoms with van der Waals surface area (Å²) < 4.78 is 0.801. The molecule has 1 atom stereocenters. The minimum Gasteiger partial charge on any atom is -0.371 e. The van der Waals surface area contributed by atoms with E-state index < -0.39 is 6.04 Å². The van der Waals surface area contributed by atoms with Crippen LogP contribution >= 0.6 is 39.1 Å². The van der Waals surface area contributed by atoms with E-state index in [0.717, 1.165) is 23.7 Å². The Hall–Kier alpha value is -0.450. The highest BCUT2D eigenvalue weighted by molar-refractivity contribution is 9.10. The summed E-state index contributed by atoms with van der Waals surface area (Å²) in [6.45, 7) is 4.61. The number of hydrogen-bond acceptors (Lipinski definition) is 2. The Balaban J connectivity index is 2.57. The maximum absolute atomic E-state index is 11.9. The molecule has 112 valence electrons. The summed E-state index contributed by atoms with van der Waals surface area (Å²) in [5, 5.41) is 6.90. The van der Waals surface area contributed by atoms with E-state index in [2.05, 4.69) is 33.5 Å². The number of amides is 1. The second kappa shape index (κ2) is 8.75. The summed E-state index contributed by atoms with van der Waals surface area (Å²) in [6, 6.07) is 3.08. The van der Waals surface area contributed by atoms with Crippen LogP contribution in [0, 0.1) is 0 Å². The molecule has 6 heteroatoms. The summed E-state index contributed by atoms with van der Waals surface area (Å²) in [5.74, 6) is -0.0591. The van der Waals surface area contributed by atoms with E-state index in [1.54, 1.807) is 19.1 Å². The number of carbonyl (C=O) groups excluding carboxylic acids is 1. The van der Waals surface area contributed by atoms with Gasteiger partial charge in [0.25, 0.3) is 0 Å². The zero-order valence-electron chi connectivity index (χ0n) is 11.6. The molecule has 0 fully saturated rings. The summed E-state index contributed by atoms with van der Waals surface area (Å²) in [5.41, 5.74) is 0.577. The normalized spacial score (nSPS) is 12.1. The lowest BCUT2D eigenvalue weighted by molar-refractivity contribution is -0.121. The van der Waals surface area contributed by atoms with Crippen molar-refractivity contribution in [3.05, 3.63) is 26.7 Å². The quantitative estimate of drug-likeness (QED) is 0.662. The molecule has 0 aliphatic carbocycles. The lowest BCUT2D eigenvalue weighted by atomic mass is 10.2. The Bertz CT molecular complexity index is 445. The summed E-state index contributed by atoms with van der Waals surface area (Å²) in [6.07, 6.45) is 3.25. The van der Waals surface area contributed by atoms with Gasteiger partial charge >= 0.3 is 0 Å². The fourth-order valence-corrected chi connectivity index (χ4v) is 3.02. The van der Waals surface area contributed by atoms with Crippen molar-refractivity contribution in [3.8, 4) is 0 Å². The number of nitrogens with one attached hydrogen (secondary N) is 2. The number of rotatable bonds is 7. The summed E-state index contributed by atoms with van der Waals surface area (Å²) >= 11 is 15.6. The first-order valence-electron chi connectivity index (χ1n) is 6.64. The molecule has 1 rings (SSSR count). The van der Waals surface area contributed by atoms with E-state index in [-0.39, 0.29) is 5.91 Å². The van der Waals surface area contributed by atoms with Gasteiger partial charge in [0.1, 0.15) is 6.04 Å². The monoisotopic (exact) mass is 380 g/mol. The van der Waals surface area contributed by atoms with Crippen molar-refractivity contribution in [2.75, 3.05) is 11.9 Å². The standard InChI is InChI=1S/C14H19BrCl2N2O/c1-3-4-5-6-18-14(20)9(2)19-13-11(16)7-10(15)8-12(13)17/h7-9,19H,3-6H2,1-2H3,(H,18,20). The molecule has 0 bridgehead atoms. The molecule has 0 saturated heterocycles. The van der Waals surface area contributed by atoms with E-state index >= 15 is 0 Å². The molecule has 20 heavy (non-hydrogen) atoms. The minimum atomic E-state index is -0.396. The number of hydrogen-bond donors (Lipinski definition) is 2. The number of carbonyl (C=O) groups is 1. The second-order valence-corrected chi connectivity index (χ2v) is 6.34. The molecule has 1 aromatic carbocycles. The Morgan fingerprint density at radius 2 is 1.90 bits per heavy atom. The van der Waals surface area contributed by atoms with Gasteiger partial charge in [0.05, 0.1) is 15.7 Å². The van der Waals surface area contributed by atoms with Crippen molar-refractivity contribution < 1.29 is 4.79 Å². The maximum atomic E-state index is 11.9. The van der Waals surface area contributed by atoms with Crippen LogP contribution in [-0.2, 0) is 4.79 Å². The molecule has 0 heterocycles. The van der Waals surface area contributed by atoms with Crippen LogP contribution in [0.15, 0.2) is 16.6 Å². The van der Waals surface area contributed by atoms with Gasteiger partial charge in [-0.3, -0.25) is 4.79 Å². The van der Waals surface area contributed by atoms with Gasteiger partial charge in [0.15, 0.2) is 0 Å². The predicted molar refractivity (Wildman–Crippen MR) is 89.8 cm³/mol. The summed E-state index contributed by atoms with van der Waals surface area (Å²) in [4.78, 5) is 11.9. The number of benzene rings is 1. The molecular formula is C14H19BrCl2N2O. The zero-order valence-corrected chi connectivity index (χ0v) is 14.7. The lowest BCUT2D eigenvalue weighted by Gasteiger charge is -2.17. The fraction of sp³-hybridized carbons (Fsp3) is 0.500. The molecule has 1 amide bonds. The van der Waals surface area contributed by atoms with Gasteiger partial charge < -0.3 is 10.6 Å². The average molecular weight is 382 g/mol. The molecule has 0 aromatic heterocycles. The Morgan fingerprint density at radius 3 is 2.45 bits per heavy atom. The molecule has 0 spiro atoms. The van der Waals surface area contributed by atoms with Crippen LogP contribution in [0.4, 0.5) is 5.69 Å². The van der Waals surface area contributed by atoms with E-state index in [4.69, 9.17) is 23.2 Å². The van der Waals surface area contributed by atoms with Crippen LogP contribution in [0.3, 0.4) is 0 Å². The van der Waals surface area contributed by atoms with Gasteiger partial charge in [-0.15, -0.1) is 0 Å². The van der Waals surface area contributed by atoms with Crippen molar-refractivity contribution >= 4 is 50.7 Å². The van der Waals surface area contributed by atoms with E-state index in [9.17, 15) is 4.79 Å². The van der Waals surface area contributed by atoms with E-state index in [1.807, 2.05) is 0 Å². The largest absolute Gasteiger partial charge is 0.371 e. The van der Waals surface area contributed by atoms with E-state index in [0.29, 0.717) is 22.3 Å². The van der Waals surface area contributed by atoms with Crippen LogP contribution in [0.25, 0.3) is 0 Å². The fourth-order valence-electron chi connectivity index (χ4n) is 1.70. The third kappa shape index (κ3) is 5.51. The van der Waals surface area contributed by atoms with Crippen molar-refractivity contribution in [1.82, 2.24) is 5.32 Å². The van der Waals surface area contributed by atoms with Crippen LogP contribution in [0.5, 0.6) is 0 Å². The Morgan fingerprint density at radius 1 is 1.30 bits per heavy atom. The van der Waals surface area contributed by atoms with Crippen molar-refractivity contribution in [2.24, 2.45) is 0 Å². The van der Waals surface area contributed by atoms with Crippen LogP contribution in [0.1, 0.15) is 33.1 Å². The van der Waals surface area contributed by atoms with E-state index in [1.165, 1.54) is 0 Å². The van der Waals surface area contributed by atoms with Gasteiger partial charge in [0.2, 0.25) is 5.91 Å². The Labute approximate surface area is 138 Å². The van der Waals surface area contributed by atoms with Crippen molar-refractivity contribution in [3.63, 3.8) is 0 Å². The predicted octanol–water partition coefficient (Wildman–Crippen LogP) is 4.86. The second-order valence-electron chi connectivity index (χ2n) is 4.61. The first kappa shape index (κ1) is 17.6. The third-order valence-corrected chi connectivity index (χ3v) is 3.89. The first-order chi connectivity index (χ1) is 9.45. The van der Waals surface area contributed by atoms with Crippen LogP contribution in [0.2, 0.25) is 10.0 Å². The molecule has 3 nitrogen and oxygen atoms in total. The van der Waals surface area contributed by atoms with Gasteiger partial charge in [-0.2, -0.15) is 0 Å². The molecular weight excluding hydrogens is 363 g/mol. The first-order valence-corrected chi connectivity index (χ1v) is 8.19. The zero-order chi connectivity index (χ0) is 15.1. The molecule has 1 unspecified atom stereocenters. The molecule has 0 radical (unpaired) electrons. The van der Waals surface area contributed by atoms with Gasteiger partial charge in [0, 0.05) is 11.0 Å². The Kier molecular flexibility index (Phi) is 7.70. The van der Waals surface area contributed by atoms with Gasteiger partial charge in [-0.25, -0.2) is 0 Å². The average Bonchev–Trinajstić information content (AvgIpc) is 2.38. The SMILES string of the molecule is CCCCCNC(=O)C(C)Nc1c(Cl)cc(Br)cc1Cl. The van der Waals surface area contributed by atoms with Gasteiger partial charge in [-0.05, 0) is 25.5 Å². The number of unbranched alkanes of at least 4 members (excludes halogenated alkanes) is 2. The molecule has 1 aromatic rings. The highest BCUT2D eigenvalue weighted by atomic mass is 79.9. The molecule has 2 N–H and O–H groups in total. The lowest BCUT2D eigenvalue weighted by Crippen LogP contribution is -2.38. The van der Waals surface area contributed by atoms with Crippen LogP contribution < -0.4 is 10.6 Å². The smallest absolute Gasteiger partial charge is 0.242 e. The summed E-state index contributed by atoms with van der Waals surface area (Å²) in [7, 11) is 0. The third-order valence-electron chi connectivity index (χ3n) is 2.84. The molecule has 0 saturated carbocycles. The highest BCUT2D eigenvalue weighted by Gasteiger charge is 2.15. The van der Waals surface area contributed by atoms with Crippen molar-refractivity contribution in [1.29, 1.82) is 0 Å². The molecule has 0 aliphatic rings. The number of anilines is 1. The topological polar surface area (TPSA) is 41.1 Å². The number of halogens is 3.